The Balaban J connectivity index is 2.37. The molecule has 0 fully saturated rings. The van der Waals surface area contributed by atoms with Gasteiger partial charge in [0.25, 0.3) is 0 Å². The molecular formula is C10H13N3S2. The number of nitrogens with zero attached hydrogens (tertiary/aromatic N) is 2. The number of thiazole rings is 2. The van der Waals surface area contributed by atoms with E-state index in [1.54, 1.807) is 22.7 Å². The van der Waals surface area contributed by atoms with E-state index in [1.165, 1.54) is 4.88 Å². The molecule has 0 amide bonds. The van der Waals surface area contributed by atoms with Crippen molar-refractivity contribution in [2.75, 3.05) is 7.05 Å². The summed E-state index contributed by atoms with van der Waals surface area (Å²) in [5.74, 6) is 0. The Hall–Kier alpha value is -0.780. The molecule has 0 aliphatic carbocycles. The quantitative estimate of drug-likeness (QED) is 0.895. The van der Waals surface area contributed by atoms with Gasteiger partial charge in [-0.2, -0.15) is 0 Å². The number of hydrogen-bond acceptors (Lipinski definition) is 5. The van der Waals surface area contributed by atoms with Crippen LogP contribution in [-0.4, -0.2) is 17.0 Å². The topological polar surface area (TPSA) is 37.8 Å². The van der Waals surface area contributed by atoms with E-state index in [9.17, 15) is 0 Å². The van der Waals surface area contributed by atoms with Crippen molar-refractivity contribution in [2.24, 2.45) is 0 Å². The van der Waals surface area contributed by atoms with Crippen LogP contribution in [0.4, 0.5) is 0 Å². The van der Waals surface area contributed by atoms with E-state index in [1.807, 2.05) is 17.9 Å². The summed E-state index contributed by atoms with van der Waals surface area (Å²) >= 11 is 3.32. The average molecular weight is 239 g/mol. The first-order valence-corrected chi connectivity index (χ1v) is 6.51. The monoisotopic (exact) mass is 239 g/mol. The van der Waals surface area contributed by atoms with Crippen LogP contribution in [0.25, 0.3) is 10.7 Å². The standard InChI is InChI=1S/C10H13N3S2/c1-6(11-3)9-7(2)13-10(15-9)8-4-14-5-12-8/h4-6,11H,1-3H3. The second kappa shape index (κ2) is 4.38. The maximum absolute atomic E-state index is 4.54. The SMILES string of the molecule is CNC(C)c1sc(-c2cscn2)nc1C. The zero-order valence-electron chi connectivity index (χ0n) is 8.94. The van der Waals surface area contributed by atoms with Gasteiger partial charge in [0.2, 0.25) is 0 Å². The summed E-state index contributed by atoms with van der Waals surface area (Å²) in [4.78, 5) is 10.1. The summed E-state index contributed by atoms with van der Waals surface area (Å²) in [6.07, 6.45) is 0. The average Bonchev–Trinajstić information content (AvgIpc) is 2.84. The van der Waals surface area contributed by atoms with Gasteiger partial charge < -0.3 is 5.32 Å². The predicted molar refractivity (Wildman–Crippen MR) is 65.4 cm³/mol. The van der Waals surface area contributed by atoms with Gasteiger partial charge in [-0.3, -0.25) is 0 Å². The first-order valence-electron chi connectivity index (χ1n) is 4.75. The van der Waals surface area contributed by atoms with E-state index in [0.717, 1.165) is 16.4 Å². The van der Waals surface area contributed by atoms with Gasteiger partial charge in [-0.15, -0.1) is 22.7 Å². The van der Waals surface area contributed by atoms with Crippen LogP contribution in [0.15, 0.2) is 10.9 Å². The molecular weight excluding hydrogens is 226 g/mol. The second-order valence-electron chi connectivity index (χ2n) is 3.35. The van der Waals surface area contributed by atoms with Crippen LogP contribution in [0.3, 0.4) is 0 Å². The maximum atomic E-state index is 4.54. The third-order valence-electron chi connectivity index (χ3n) is 2.31. The molecule has 0 aliphatic heterocycles. The summed E-state index contributed by atoms with van der Waals surface area (Å²) < 4.78 is 0. The molecule has 3 nitrogen and oxygen atoms in total. The van der Waals surface area contributed by atoms with Crippen LogP contribution in [-0.2, 0) is 0 Å². The summed E-state index contributed by atoms with van der Waals surface area (Å²) in [6, 6.07) is 0.356. The number of aryl methyl sites for hydroxylation is 1. The maximum Gasteiger partial charge on any atom is 0.143 e. The number of aromatic nitrogens is 2. The lowest BCUT2D eigenvalue weighted by atomic mass is 10.2. The Bertz CT molecular complexity index is 433. The molecule has 1 atom stereocenters. The molecule has 0 saturated heterocycles. The molecule has 0 saturated carbocycles. The van der Waals surface area contributed by atoms with E-state index in [4.69, 9.17) is 0 Å². The lowest BCUT2D eigenvalue weighted by Crippen LogP contribution is -2.11. The smallest absolute Gasteiger partial charge is 0.143 e. The van der Waals surface area contributed by atoms with Gasteiger partial charge >= 0.3 is 0 Å². The third-order valence-corrected chi connectivity index (χ3v) is 4.26. The molecule has 2 aromatic heterocycles. The van der Waals surface area contributed by atoms with Crippen molar-refractivity contribution in [3.8, 4) is 10.7 Å². The molecule has 1 unspecified atom stereocenters. The molecule has 0 bridgehead atoms. The normalized spacial score (nSPS) is 13.0. The van der Waals surface area contributed by atoms with Gasteiger partial charge in [0.05, 0.1) is 11.2 Å². The highest BCUT2D eigenvalue weighted by Crippen LogP contribution is 2.31. The lowest BCUT2D eigenvalue weighted by molar-refractivity contribution is 0.658. The lowest BCUT2D eigenvalue weighted by Gasteiger charge is -2.06. The second-order valence-corrected chi connectivity index (χ2v) is 5.10. The summed E-state index contributed by atoms with van der Waals surface area (Å²) in [5.41, 5.74) is 3.93. The summed E-state index contributed by atoms with van der Waals surface area (Å²) in [6.45, 7) is 4.20. The number of hydrogen-bond donors (Lipinski definition) is 1. The molecule has 80 valence electrons. The Morgan fingerprint density at radius 2 is 2.27 bits per heavy atom. The molecule has 2 aromatic rings. The molecule has 15 heavy (non-hydrogen) atoms. The molecule has 2 rings (SSSR count). The van der Waals surface area contributed by atoms with Crippen molar-refractivity contribution in [1.29, 1.82) is 0 Å². The van der Waals surface area contributed by atoms with E-state index in [2.05, 4.69) is 29.1 Å². The highest BCUT2D eigenvalue weighted by Gasteiger charge is 2.14. The van der Waals surface area contributed by atoms with Crippen LogP contribution in [0.5, 0.6) is 0 Å². The van der Waals surface area contributed by atoms with Crippen LogP contribution in [0, 0.1) is 6.92 Å². The van der Waals surface area contributed by atoms with Gasteiger partial charge in [0, 0.05) is 16.3 Å². The number of rotatable bonds is 3. The molecule has 1 N–H and O–H groups in total. The van der Waals surface area contributed by atoms with Gasteiger partial charge in [-0.1, -0.05) is 0 Å². The van der Waals surface area contributed by atoms with Gasteiger partial charge in [-0.05, 0) is 20.9 Å². The van der Waals surface area contributed by atoms with Crippen molar-refractivity contribution >= 4 is 22.7 Å². The van der Waals surface area contributed by atoms with Gasteiger partial charge in [0.1, 0.15) is 10.7 Å². The first kappa shape index (κ1) is 10.7. The predicted octanol–water partition coefficient (Wildman–Crippen LogP) is 2.86. The largest absolute Gasteiger partial charge is 0.312 e. The van der Waals surface area contributed by atoms with E-state index < -0.39 is 0 Å². The molecule has 5 heteroatoms. The van der Waals surface area contributed by atoms with Crippen LogP contribution in [0.1, 0.15) is 23.5 Å². The minimum atomic E-state index is 0.356. The van der Waals surface area contributed by atoms with Gasteiger partial charge in [-0.25, -0.2) is 9.97 Å². The fourth-order valence-corrected chi connectivity index (χ4v) is 3.08. The molecule has 0 radical (unpaired) electrons. The van der Waals surface area contributed by atoms with Crippen LogP contribution < -0.4 is 5.32 Å². The third kappa shape index (κ3) is 2.09. The van der Waals surface area contributed by atoms with E-state index >= 15 is 0 Å². The fourth-order valence-electron chi connectivity index (χ4n) is 1.37. The minimum absolute atomic E-state index is 0.356. The highest BCUT2D eigenvalue weighted by atomic mass is 32.1. The van der Waals surface area contributed by atoms with Crippen LogP contribution >= 0.6 is 22.7 Å². The van der Waals surface area contributed by atoms with E-state index in [-0.39, 0.29) is 0 Å². The Kier molecular flexibility index (Phi) is 3.14. The van der Waals surface area contributed by atoms with Crippen LogP contribution in [0.2, 0.25) is 0 Å². The van der Waals surface area contributed by atoms with Crippen molar-refractivity contribution in [3.63, 3.8) is 0 Å². The minimum Gasteiger partial charge on any atom is -0.312 e. The zero-order valence-corrected chi connectivity index (χ0v) is 10.6. The highest BCUT2D eigenvalue weighted by molar-refractivity contribution is 7.15. The Labute approximate surface area is 97.2 Å². The van der Waals surface area contributed by atoms with Gasteiger partial charge in [0.15, 0.2) is 0 Å². The summed E-state index contributed by atoms with van der Waals surface area (Å²) in [7, 11) is 1.96. The summed E-state index contributed by atoms with van der Waals surface area (Å²) in [5, 5.41) is 6.29. The zero-order chi connectivity index (χ0) is 10.8. The molecule has 2 heterocycles. The number of nitrogens with one attached hydrogen (secondary N) is 1. The van der Waals surface area contributed by atoms with E-state index in [0.29, 0.717) is 6.04 Å². The Morgan fingerprint density at radius 3 is 2.87 bits per heavy atom. The first-order chi connectivity index (χ1) is 7.22. The Morgan fingerprint density at radius 1 is 1.47 bits per heavy atom. The van der Waals surface area contributed by atoms with Crippen molar-refractivity contribution in [2.45, 2.75) is 19.9 Å². The molecule has 0 aliphatic rings. The van der Waals surface area contributed by atoms with Crippen molar-refractivity contribution in [3.05, 3.63) is 21.5 Å². The van der Waals surface area contributed by atoms with Crippen molar-refractivity contribution < 1.29 is 0 Å². The molecule has 0 spiro atoms. The molecule has 0 aromatic carbocycles. The fraction of sp³-hybridized carbons (Fsp3) is 0.400. The van der Waals surface area contributed by atoms with Crippen molar-refractivity contribution in [1.82, 2.24) is 15.3 Å².